The lowest BCUT2D eigenvalue weighted by molar-refractivity contribution is 0.100. The van der Waals surface area contributed by atoms with Crippen molar-refractivity contribution in [2.24, 2.45) is 12.8 Å². The zero-order valence-corrected chi connectivity index (χ0v) is 22.9. The van der Waals surface area contributed by atoms with E-state index in [4.69, 9.17) is 5.73 Å². The Morgan fingerprint density at radius 3 is 2.57 bits per heavy atom. The number of nitrogens with one attached hydrogen (secondary N) is 1. The first-order valence-electron chi connectivity index (χ1n) is 12.4. The van der Waals surface area contributed by atoms with Gasteiger partial charge in [0.05, 0.1) is 11.4 Å². The number of tetrazole rings is 1. The largest absolute Gasteiger partial charge is 0.365 e. The van der Waals surface area contributed by atoms with Crippen LogP contribution in [0, 0.1) is 6.92 Å². The molecule has 0 spiro atoms. The van der Waals surface area contributed by atoms with Crippen LogP contribution in [0.5, 0.6) is 0 Å². The number of halogens is 2. The van der Waals surface area contributed by atoms with Crippen molar-refractivity contribution in [2.45, 2.75) is 20.0 Å². The molecule has 6 rings (SSSR count). The lowest BCUT2D eigenvalue weighted by Crippen LogP contribution is -2.18. The summed E-state index contributed by atoms with van der Waals surface area (Å²) in [6.45, 7) is 1.80. The zero-order chi connectivity index (χ0) is 29.5. The topological polar surface area (TPSA) is 164 Å². The van der Waals surface area contributed by atoms with Gasteiger partial charge in [0, 0.05) is 36.0 Å². The van der Waals surface area contributed by atoms with Crippen LogP contribution in [0.2, 0.25) is 0 Å². The number of pyridine rings is 1. The molecular weight excluding hydrogens is 568 g/mol. The van der Waals surface area contributed by atoms with Crippen LogP contribution in [-0.4, -0.2) is 56.6 Å². The van der Waals surface area contributed by atoms with E-state index in [1.54, 1.807) is 26.4 Å². The fourth-order valence-corrected chi connectivity index (χ4v) is 5.49. The molecule has 5 heterocycles. The number of rotatable bonds is 8. The molecule has 212 valence electrons. The number of alkyl halides is 2. The van der Waals surface area contributed by atoms with E-state index in [1.807, 2.05) is 30.3 Å². The summed E-state index contributed by atoms with van der Waals surface area (Å²) < 4.78 is 30.5. The number of aryl methyl sites for hydroxylation is 2. The Morgan fingerprint density at radius 2 is 1.88 bits per heavy atom. The van der Waals surface area contributed by atoms with E-state index in [2.05, 4.69) is 35.9 Å². The molecule has 3 N–H and O–H groups in total. The number of fused-ring (bicyclic) bond motifs is 1. The number of hydrogen-bond acceptors (Lipinski definition) is 9. The van der Waals surface area contributed by atoms with Crippen molar-refractivity contribution in [3.63, 3.8) is 0 Å². The third-order valence-corrected chi connectivity index (χ3v) is 7.40. The van der Waals surface area contributed by atoms with Crippen molar-refractivity contribution in [2.75, 3.05) is 5.32 Å². The summed E-state index contributed by atoms with van der Waals surface area (Å²) in [7, 11) is 1.70. The molecule has 42 heavy (non-hydrogen) atoms. The van der Waals surface area contributed by atoms with Crippen molar-refractivity contribution < 1.29 is 18.4 Å². The van der Waals surface area contributed by atoms with Gasteiger partial charge in [-0.05, 0) is 29.8 Å². The molecule has 1 aromatic carbocycles. The van der Waals surface area contributed by atoms with Crippen molar-refractivity contribution in [3.05, 3.63) is 76.8 Å². The summed E-state index contributed by atoms with van der Waals surface area (Å²) in [4.78, 5) is 31.2. The van der Waals surface area contributed by atoms with E-state index >= 15 is 0 Å². The van der Waals surface area contributed by atoms with Gasteiger partial charge in [0.15, 0.2) is 12.4 Å². The highest BCUT2D eigenvalue weighted by atomic mass is 32.1. The Bertz CT molecular complexity index is 1960. The van der Waals surface area contributed by atoms with E-state index in [1.165, 1.54) is 26.3 Å². The second kappa shape index (κ2) is 10.5. The highest BCUT2D eigenvalue weighted by Gasteiger charge is 2.26. The van der Waals surface area contributed by atoms with Crippen molar-refractivity contribution >= 4 is 39.1 Å². The summed E-state index contributed by atoms with van der Waals surface area (Å²) in [5, 5.41) is 24.0. The Kier molecular flexibility index (Phi) is 6.74. The molecule has 0 atom stereocenters. The minimum atomic E-state index is -2.87. The van der Waals surface area contributed by atoms with Crippen molar-refractivity contribution in [3.8, 4) is 22.5 Å². The highest BCUT2D eigenvalue weighted by Crippen LogP contribution is 2.43. The van der Waals surface area contributed by atoms with Gasteiger partial charge >= 0.3 is 0 Å². The molecular formula is C26H21F2N11O2S. The highest BCUT2D eigenvalue weighted by molar-refractivity contribution is 7.21. The zero-order valence-electron chi connectivity index (χ0n) is 22.1. The molecule has 0 unspecified atom stereocenters. The van der Waals surface area contributed by atoms with Crippen LogP contribution in [0.1, 0.15) is 38.0 Å². The average molecular weight is 590 g/mol. The van der Waals surface area contributed by atoms with Gasteiger partial charge in [0.2, 0.25) is 5.82 Å². The van der Waals surface area contributed by atoms with Gasteiger partial charge < -0.3 is 11.1 Å². The lowest BCUT2D eigenvalue weighted by Gasteiger charge is -2.10. The Morgan fingerprint density at radius 1 is 1.10 bits per heavy atom. The number of carbonyl (C=O) groups is 2. The van der Waals surface area contributed by atoms with Gasteiger partial charge in [-0.1, -0.05) is 30.3 Å². The molecule has 0 radical (unpaired) electrons. The Labute approximate surface area is 239 Å². The maximum Gasteiger partial charge on any atom is 0.280 e. The van der Waals surface area contributed by atoms with Gasteiger partial charge in [-0.2, -0.15) is 10.2 Å². The van der Waals surface area contributed by atoms with Crippen LogP contribution in [0.25, 0.3) is 32.7 Å². The quantitative estimate of drug-likeness (QED) is 0.272. The number of anilines is 1. The Balaban J connectivity index is 1.33. The van der Waals surface area contributed by atoms with E-state index < -0.39 is 23.9 Å². The summed E-state index contributed by atoms with van der Waals surface area (Å²) in [5.74, 6) is -1.07. The minimum Gasteiger partial charge on any atom is -0.365 e. The van der Waals surface area contributed by atoms with Crippen molar-refractivity contribution in [1.29, 1.82) is 0 Å². The van der Waals surface area contributed by atoms with Gasteiger partial charge in [-0.25, -0.2) is 18.4 Å². The molecule has 0 saturated carbocycles. The number of benzene rings is 1. The number of nitrogens with zero attached hydrogens (tertiary/aromatic N) is 9. The second-order valence-electron chi connectivity index (χ2n) is 9.24. The van der Waals surface area contributed by atoms with E-state index in [9.17, 15) is 18.4 Å². The summed E-state index contributed by atoms with van der Waals surface area (Å²) in [6, 6.07) is 12.0. The first-order valence-corrected chi connectivity index (χ1v) is 13.2. The summed E-state index contributed by atoms with van der Waals surface area (Å²) >= 11 is 0.816. The number of thiophene rings is 1. The average Bonchev–Trinajstić information content (AvgIpc) is 3.76. The summed E-state index contributed by atoms with van der Waals surface area (Å²) in [5.41, 5.74) is 7.45. The van der Waals surface area contributed by atoms with Gasteiger partial charge in [0.25, 0.3) is 18.2 Å². The van der Waals surface area contributed by atoms with Crippen LogP contribution < -0.4 is 11.1 Å². The SMILES string of the molecule is Cc1nn(C)cc1-c1cc(C(F)F)nc2sc(C(N)=O)c(NC(=O)c3ccn(Cn4nnc(-c5ccccc5)n4)n3)c12. The number of hydrogen-bond donors (Lipinski definition) is 2. The van der Waals surface area contributed by atoms with E-state index in [0.717, 1.165) is 16.9 Å². The first kappa shape index (κ1) is 26.8. The first-order chi connectivity index (χ1) is 20.2. The minimum absolute atomic E-state index is 0.0180. The number of primary amides is 1. The molecule has 0 bridgehead atoms. The van der Waals surface area contributed by atoms with Gasteiger partial charge in [0.1, 0.15) is 15.4 Å². The molecule has 0 fully saturated rings. The maximum absolute atomic E-state index is 13.8. The van der Waals surface area contributed by atoms with Crippen LogP contribution in [0.3, 0.4) is 0 Å². The molecule has 0 aliphatic rings. The van der Waals surface area contributed by atoms with Crippen LogP contribution in [-0.2, 0) is 13.7 Å². The molecule has 16 heteroatoms. The van der Waals surface area contributed by atoms with Crippen molar-refractivity contribution in [1.82, 2.24) is 44.8 Å². The maximum atomic E-state index is 13.8. The second-order valence-corrected chi connectivity index (χ2v) is 10.2. The third kappa shape index (κ3) is 4.98. The number of amides is 2. The standard InChI is InChI=1S/C26H21F2N11O2S/c1-13-16(11-37(2)33-13)15-10-18(22(27)28)30-26-19(15)20(21(42-26)23(29)40)31-25(41)17-8-9-38(34-17)12-39-35-24(32-36-39)14-6-4-3-5-7-14/h3-11,22H,12H2,1-2H3,(H2,29,40)(H,31,41). The van der Waals surface area contributed by atoms with Crippen LogP contribution in [0.15, 0.2) is 54.9 Å². The normalized spacial score (nSPS) is 11.5. The predicted molar refractivity (Wildman–Crippen MR) is 149 cm³/mol. The molecule has 5 aromatic heterocycles. The van der Waals surface area contributed by atoms with Gasteiger partial charge in [-0.15, -0.1) is 26.3 Å². The lowest BCUT2D eigenvalue weighted by atomic mass is 10.0. The monoisotopic (exact) mass is 589 g/mol. The fraction of sp³-hybridized carbons (Fsp3) is 0.154. The molecule has 13 nitrogen and oxygen atoms in total. The number of aromatic nitrogens is 9. The fourth-order valence-electron chi connectivity index (χ4n) is 4.47. The van der Waals surface area contributed by atoms with E-state index in [-0.39, 0.29) is 27.8 Å². The molecule has 0 aliphatic carbocycles. The van der Waals surface area contributed by atoms with Crippen LogP contribution in [0.4, 0.5) is 14.5 Å². The van der Waals surface area contributed by atoms with E-state index in [0.29, 0.717) is 28.0 Å². The van der Waals surface area contributed by atoms with Crippen LogP contribution >= 0.6 is 11.3 Å². The number of carbonyl (C=O) groups excluding carboxylic acids is 2. The molecule has 2 amide bonds. The smallest absolute Gasteiger partial charge is 0.280 e. The van der Waals surface area contributed by atoms with Gasteiger partial charge in [-0.3, -0.25) is 14.3 Å². The summed E-state index contributed by atoms with van der Waals surface area (Å²) in [6.07, 6.45) is 0.354. The Hall–Kier alpha value is -5.38. The molecule has 0 saturated heterocycles. The number of nitrogens with two attached hydrogens (primary N) is 1. The molecule has 0 aliphatic heterocycles. The molecule has 6 aromatic rings. The third-order valence-electron chi connectivity index (χ3n) is 6.30. The predicted octanol–water partition coefficient (Wildman–Crippen LogP) is 3.65.